The van der Waals surface area contributed by atoms with Gasteiger partial charge in [0.05, 0.1) is 5.25 Å². The van der Waals surface area contributed by atoms with Gasteiger partial charge in [0.25, 0.3) is 0 Å². The van der Waals surface area contributed by atoms with E-state index < -0.39 is 9.84 Å². The van der Waals surface area contributed by atoms with E-state index >= 15 is 0 Å². The first-order valence-corrected chi connectivity index (χ1v) is 9.81. The minimum atomic E-state index is -2.91. The van der Waals surface area contributed by atoms with Crippen LogP contribution in [-0.4, -0.2) is 26.0 Å². The molecule has 112 valence electrons. The van der Waals surface area contributed by atoms with E-state index in [9.17, 15) is 8.42 Å². The number of rotatable bonds is 4. The maximum Gasteiger partial charge on any atom is 0.150 e. The molecule has 0 amide bonds. The van der Waals surface area contributed by atoms with Gasteiger partial charge in [-0.2, -0.15) is 0 Å². The maximum absolute atomic E-state index is 11.7. The molecule has 20 heavy (non-hydrogen) atoms. The normalized spacial score (nSPS) is 25.4. The highest BCUT2D eigenvalue weighted by molar-refractivity contribution is 9.10. The van der Waals surface area contributed by atoms with E-state index in [1.54, 1.807) is 0 Å². The van der Waals surface area contributed by atoms with E-state index in [0.29, 0.717) is 6.04 Å². The lowest BCUT2D eigenvalue weighted by Crippen LogP contribution is -2.39. The summed E-state index contributed by atoms with van der Waals surface area (Å²) in [5.41, 5.74) is 1.23. The molecule has 5 heteroatoms. The Morgan fingerprint density at radius 3 is 2.50 bits per heavy atom. The predicted molar refractivity (Wildman–Crippen MR) is 86.6 cm³/mol. The van der Waals surface area contributed by atoms with Gasteiger partial charge in [-0.05, 0) is 43.9 Å². The number of benzene rings is 1. The molecule has 1 aromatic carbocycles. The first-order chi connectivity index (χ1) is 9.36. The average Bonchev–Trinajstić information content (AvgIpc) is 2.38. The van der Waals surface area contributed by atoms with Crippen molar-refractivity contribution in [1.82, 2.24) is 5.32 Å². The zero-order valence-corrected chi connectivity index (χ0v) is 14.4. The summed E-state index contributed by atoms with van der Waals surface area (Å²) in [4.78, 5) is 0. The van der Waals surface area contributed by atoms with Crippen molar-refractivity contribution in [2.24, 2.45) is 0 Å². The SMILES string of the molecule is CC(NC1CCCC(S(C)(=O)=O)C1)c1ccc(Br)cc1. The summed E-state index contributed by atoms with van der Waals surface area (Å²) < 4.78 is 24.5. The highest BCUT2D eigenvalue weighted by Gasteiger charge is 2.29. The molecule has 0 spiro atoms. The minimum absolute atomic E-state index is 0.175. The topological polar surface area (TPSA) is 46.2 Å². The Labute approximate surface area is 130 Å². The van der Waals surface area contributed by atoms with Crippen LogP contribution >= 0.6 is 15.9 Å². The van der Waals surface area contributed by atoms with Crippen molar-refractivity contribution >= 4 is 25.8 Å². The Kier molecular flexibility index (Phi) is 5.26. The van der Waals surface area contributed by atoms with Crippen LogP contribution in [0.2, 0.25) is 0 Å². The monoisotopic (exact) mass is 359 g/mol. The Hall–Kier alpha value is -0.390. The summed E-state index contributed by atoms with van der Waals surface area (Å²) >= 11 is 3.44. The lowest BCUT2D eigenvalue weighted by Gasteiger charge is -2.31. The Morgan fingerprint density at radius 2 is 1.90 bits per heavy atom. The Bertz CT molecular complexity index is 541. The fraction of sp³-hybridized carbons (Fsp3) is 0.600. The highest BCUT2D eigenvalue weighted by atomic mass is 79.9. The van der Waals surface area contributed by atoms with Gasteiger partial charge in [-0.15, -0.1) is 0 Å². The molecular weight excluding hydrogens is 338 g/mol. The number of hydrogen-bond donors (Lipinski definition) is 1. The molecule has 2 rings (SSSR count). The van der Waals surface area contributed by atoms with E-state index in [1.807, 2.05) is 12.1 Å². The van der Waals surface area contributed by atoms with Crippen molar-refractivity contribution in [3.63, 3.8) is 0 Å². The van der Waals surface area contributed by atoms with E-state index in [1.165, 1.54) is 11.8 Å². The summed E-state index contributed by atoms with van der Waals surface area (Å²) in [5.74, 6) is 0. The van der Waals surface area contributed by atoms with Gasteiger partial charge in [-0.3, -0.25) is 0 Å². The van der Waals surface area contributed by atoms with Gasteiger partial charge in [0.2, 0.25) is 0 Å². The maximum atomic E-state index is 11.7. The van der Waals surface area contributed by atoms with E-state index in [-0.39, 0.29) is 11.3 Å². The van der Waals surface area contributed by atoms with Crippen LogP contribution in [0.5, 0.6) is 0 Å². The predicted octanol–water partition coefficient (Wildman–Crippen LogP) is 3.46. The third kappa shape index (κ3) is 4.30. The second-order valence-corrected chi connectivity index (χ2v) is 9.00. The van der Waals surface area contributed by atoms with Gasteiger partial charge in [0.15, 0.2) is 0 Å². The van der Waals surface area contributed by atoms with Crippen LogP contribution in [0.3, 0.4) is 0 Å². The molecule has 1 aliphatic rings. The van der Waals surface area contributed by atoms with E-state index in [0.717, 1.165) is 30.2 Å². The summed E-state index contributed by atoms with van der Waals surface area (Å²) in [5, 5.41) is 3.40. The van der Waals surface area contributed by atoms with Gasteiger partial charge in [0.1, 0.15) is 9.84 Å². The average molecular weight is 360 g/mol. The molecule has 0 aromatic heterocycles. The van der Waals surface area contributed by atoms with Crippen molar-refractivity contribution < 1.29 is 8.42 Å². The molecule has 1 fully saturated rings. The quantitative estimate of drug-likeness (QED) is 0.895. The Morgan fingerprint density at radius 1 is 1.25 bits per heavy atom. The second kappa shape index (κ2) is 6.58. The van der Waals surface area contributed by atoms with Crippen LogP contribution in [0.1, 0.15) is 44.2 Å². The molecule has 3 unspecified atom stereocenters. The summed E-state index contributed by atoms with van der Waals surface area (Å²) in [7, 11) is -2.91. The van der Waals surface area contributed by atoms with Gasteiger partial charge in [-0.1, -0.05) is 34.5 Å². The fourth-order valence-corrected chi connectivity index (χ4v) is 4.33. The third-order valence-electron chi connectivity index (χ3n) is 4.09. The van der Waals surface area contributed by atoms with Crippen LogP contribution in [0.4, 0.5) is 0 Å². The van der Waals surface area contributed by atoms with Crippen molar-refractivity contribution in [2.45, 2.75) is 49.9 Å². The second-order valence-electron chi connectivity index (χ2n) is 5.75. The number of halogens is 1. The number of hydrogen-bond acceptors (Lipinski definition) is 3. The molecule has 1 aromatic rings. The van der Waals surface area contributed by atoms with E-state index in [2.05, 4.69) is 40.3 Å². The largest absolute Gasteiger partial charge is 0.307 e. The first kappa shape index (κ1) is 16.0. The Balaban J connectivity index is 1.97. The number of nitrogens with one attached hydrogen (secondary N) is 1. The smallest absolute Gasteiger partial charge is 0.150 e. The summed E-state index contributed by atoms with van der Waals surface area (Å²) in [6.07, 6.45) is 4.96. The van der Waals surface area contributed by atoms with Gasteiger partial charge < -0.3 is 5.32 Å². The van der Waals surface area contributed by atoms with Crippen LogP contribution in [-0.2, 0) is 9.84 Å². The summed E-state index contributed by atoms with van der Waals surface area (Å²) in [6, 6.07) is 8.80. The lowest BCUT2D eigenvalue weighted by molar-refractivity contribution is 0.346. The van der Waals surface area contributed by atoms with Gasteiger partial charge in [0, 0.05) is 22.8 Å². The molecule has 1 saturated carbocycles. The van der Waals surface area contributed by atoms with Crippen molar-refractivity contribution in [2.75, 3.05) is 6.26 Å². The van der Waals surface area contributed by atoms with Crippen LogP contribution < -0.4 is 5.32 Å². The molecule has 0 heterocycles. The lowest BCUT2D eigenvalue weighted by atomic mass is 9.93. The number of sulfone groups is 1. The molecule has 0 bridgehead atoms. The molecule has 1 N–H and O–H groups in total. The molecule has 0 saturated heterocycles. The first-order valence-electron chi connectivity index (χ1n) is 7.06. The highest BCUT2D eigenvalue weighted by Crippen LogP contribution is 2.26. The molecule has 3 nitrogen and oxygen atoms in total. The van der Waals surface area contributed by atoms with Gasteiger partial charge >= 0.3 is 0 Å². The van der Waals surface area contributed by atoms with Crippen LogP contribution in [0.15, 0.2) is 28.7 Å². The minimum Gasteiger partial charge on any atom is -0.307 e. The molecule has 0 aliphatic heterocycles. The van der Waals surface area contributed by atoms with E-state index in [4.69, 9.17) is 0 Å². The van der Waals surface area contributed by atoms with Gasteiger partial charge in [-0.25, -0.2) is 8.42 Å². The fourth-order valence-electron chi connectivity index (χ4n) is 2.89. The molecule has 0 radical (unpaired) electrons. The van der Waals surface area contributed by atoms with Crippen LogP contribution in [0.25, 0.3) is 0 Å². The van der Waals surface area contributed by atoms with Crippen molar-refractivity contribution in [3.8, 4) is 0 Å². The third-order valence-corrected chi connectivity index (χ3v) is 6.26. The molecule has 3 atom stereocenters. The molecular formula is C15H22BrNO2S. The zero-order valence-electron chi connectivity index (χ0n) is 12.0. The van der Waals surface area contributed by atoms with Crippen molar-refractivity contribution in [1.29, 1.82) is 0 Å². The standard InChI is InChI=1S/C15H22BrNO2S/c1-11(12-6-8-13(16)9-7-12)17-14-4-3-5-15(10-14)20(2,18)19/h6-9,11,14-15,17H,3-5,10H2,1-2H3. The van der Waals surface area contributed by atoms with Crippen molar-refractivity contribution in [3.05, 3.63) is 34.3 Å². The zero-order chi connectivity index (χ0) is 14.8. The summed E-state index contributed by atoms with van der Waals surface area (Å²) in [6.45, 7) is 2.13. The van der Waals surface area contributed by atoms with Crippen LogP contribution in [0, 0.1) is 0 Å². The molecule has 1 aliphatic carbocycles.